The third kappa shape index (κ3) is 5.57. The fraction of sp³-hybridized carbons (Fsp3) is 0.300. The van der Waals surface area contributed by atoms with Crippen molar-refractivity contribution in [3.05, 3.63) is 57.6 Å². The van der Waals surface area contributed by atoms with Crippen LogP contribution in [0.4, 0.5) is 10.5 Å². The van der Waals surface area contributed by atoms with Gasteiger partial charge >= 0.3 is 6.03 Å². The molecule has 9 heteroatoms. The molecule has 0 aliphatic rings. The number of nitrogens with two attached hydrogens (primary N) is 1. The molecule has 2 aromatic rings. The van der Waals surface area contributed by atoms with Crippen molar-refractivity contribution in [1.29, 1.82) is 0 Å². The molecule has 2 rings (SSSR count). The number of benzene rings is 2. The van der Waals surface area contributed by atoms with E-state index in [2.05, 4.69) is 21.2 Å². The summed E-state index contributed by atoms with van der Waals surface area (Å²) in [5.74, 6) is -0.558. The average molecular weight is 482 g/mol. The van der Waals surface area contributed by atoms with Crippen LogP contribution in [-0.2, 0) is 10.0 Å². The average Bonchev–Trinajstić information content (AvgIpc) is 2.62. The van der Waals surface area contributed by atoms with E-state index in [1.807, 2.05) is 44.5 Å². The molecule has 156 valence electrons. The number of anilines is 1. The summed E-state index contributed by atoms with van der Waals surface area (Å²) in [5.41, 5.74) is 7.57. The van der Waals surface area contributed by atoms with Crippen LogP contribution in [-0.4, -0.2) is 20.4 Å². The van der Waals surface area contributed by atoms with Crippen LogP contribution in [0.3, 0.4) is 0 Å². The van der Waals surface area contributed by atoms with Crippen LogP contribution in [0.25, 0.3) is 0 Å². The highest BCUT2D eigenvalue weighted by molar-refractivity contribution is 9.10. The molecule has 0 aliphatic heterocycles. The first kappa shape index (κ1) is 22.9. The Morgan fingerprint density at radius 3 is 2.03 bits per heavy atom. The van der Waals surface area contributed by atoms with E-state index in [1.165, 1.54) is 18.2 Å². The van der Waals surface area contributed by atoms with E-state index in [1.54, 1.807) is 0 Å². The highest BCUT2D eigenvalue weighted by Gasteiger charge is 2.22. The first-order valence-electron chi connectivity index (χ1n) is 8.99. The molecular weight excluding hydrogens is 458 g/mol. The lowest BCUT2D eigenvalue weighted by Crippen LogP contribution is -2.35. The largest absolute Gasteiger partial charge is 0.366 e. The summed E-state index contributed by atoms with van der Waals surface area (Å²) in [6.07, 6.45) is 0. The van der Waals surface area contributed by atoms with Gasteiger partial charge in [0, 0.05) is 15.7 Å². The van der Waals surface area contributed by atoms with Crippen molar-refractivity contribution in [3.8, 4) is 0 Å². The van der Waals surface area contributed by atoms with E-state index in [4.69, 9.17) is 5.73 Å². The number of hydrogen-bond donors (Lipinski definition) is 3. The van der Waals surface area contributed by atoms with Gasteiger partial charge in [0.15, 0.2) is 0 Å². The molecule has 0 aliphatic carbocycles. The van der Waals surface area contributed by atoms with Crippen molar-refractivity contribution < 1.29 is 18.0 Å². The summed E-state index contributed by atoms with van der Waals surface area (Å²) in [6, 6.07) is 8.09. The van der Waals surface area contributed by atoms with Crippen LogP contribution in [0.2, 0.25) is 0 Å². The SMILES string of the molecule is CC(C)c1cc(Br)cc(C(C)C)c1NC(=O)NS(=O)(=O)c1cccc(C(N)=O)c1. The van der Waals surface area contributed by atoms with Gasteiger partial charge in [0.2, 0.25) is 5.91 Å². The smallest absolute Gasteiger partial charge is 0.333 e. The maximum atomic E-state index is 12.6. The second-order valence-corrected chi connectivity index (χ2v) is 9.82. The van der Waals surface area contributed by atoms with Gasteiger partial charge in [-0.2, -0.15) is 0 Å². The summed E-state index contributed by atoms with van der Waals surface area (Å²) in [6.45, 7) is 7.95. The molecule has 0 radical (unpaired) electrons. The second-order valence-electron chi connectivity index (χ2n) is 7.22. The van der Waals surface area contributed by atoms with Gasteiger partial charge in [-0.15, -0.1) is 0 Å². The molecule has 0 heterocycles. The van der Waals surface area contributed by atoms with Gasteiger partial charge in [0.25, 0.3) is 10.0 Å². The molecule has 29 heavy (non-hydrogen) atoms. The van der Waals surface area contributed by atoms with Crippen molar-refractivity contribution in [3.63, 3.8) is 0 Å². The molecule has 0 bridgehead atoms. The van der Waals surface area contributed by atoms with Crippen LogP contribution in [0.1, 0.15) is 61.0 Å². The number of hydrogen-bond acceptors (Lipinski definition) is 4. The number of carbonyl (C=O) groups is 2. The van der Waals surface area contributed by atoms with E-state index >= 15 is 0 Å². The Hall–Kier alpha value is -2.39. The first-order valence-corrected chi connectivity index (χ1v) is 11.3. The normalized spacial score (nSPS) is 11.6. The predicted molar refractivity (Wildman–Crippen MR) is 117 cm³/mol. The van der Waals surface area contributed by atoms with Crippen LogP contribution in [0.15, 0.2) is 45.8 Å². The fourth-order valence-corrected chi connectivity index (χ4v) is 4.29. The predicted octanol–water partition coefficient (Wildman–Crippen LogP) is 4.31. The number of primary amides is 1. The zero-order chi connectivity index (χ0) is 21.9. The molecule has 7 nitrogen and oxygen atoms in total. The lowest BCUT2D eigenvalue weighted by molar-refractivity contribution is 0.1000. The molecule has 4 N–H and O–H groups in total. The third-order valence-electron chi connectivity index (χ3n) is 4.30. The van der Waals surface area contributed by atoms with E-state index in [0.29, 0.717) is 5.69 Å². The van der Waals surface area contributed by atoms with Gasteiger partial charge in [-0.05, 0) is 53.3 Å². The third-order valence-corrected chi connectivity index (χ3v) is 6.09. The van der Waals surface area contributed by atoms with Crippen LogP contribution < -0.4 is 15.8 Å². The zero-order valence-electron chi connectivity index (χ0n) is 16.6. The number of amides is 3. The minimum atomic E-state index is -4.19. The van der Waals surface area contributed by atoms with Gasteiger partial charge in [0.05, 0.1) is 4.90 Å². The van der Waals surface area contributed by atoms with Crippen LogP contribution >= 0.6 is 15.9 Å². The highest BCUT2D eigenvalue weighted by atomic mass is 79.9. The number of halogens is 1. The molecule has 0 fully saturated rings. The lowest BCUT2D eigenvalue weighted by atomic mass is 9.93. The Bertz CT molecular complexity index is 1020. The second kappa shape index (κ2) is 8.96. The molecule has 0 spiro atoms. The molecule has 3 amide bonds. The number of rotatable bonds is 6. The van der Waals surface area contributed by atoms with E-state index in [0.717, 1.165) is 21.7 Å². The van der Waals surface area contributed by atoms with Crippen molar-refractivity contribution in [2.45, 2.75) is 44.4 Å². The number of sulfonamides is 1. The van der Waals surface area contributed by atoms with Crippen molar-refractivity contribution in [2.24, 2.45) is 5.73 Å². The molecule has 0 saturated carbocycles. The van der Waals surface area contributed by atoms with Crippen LogP contribution in [0.5, 0.6) is 0 Å². The van der Waals surface area contributed by atoms with Gasteiger partial charge in [-0.25, -0.2) is 17.9 Å². The standard InChI is InChI=1S/C20H24BrN3O4S/c1-11(2)16-9-14(21)10-17(12(3)4)18(16)23-20(26)24-29(27,28)15-7-5-6-13(8-15)19(22)25/h5-12H,1-4H3,(H2,22,25)(H2,23,24,26). The molecule has 0 aromatic heterocycles. The zero-order valence-corrected chi connectivity index (χ0v) is 19.0. The molecule has 2 aromatic carbocycles. The number of urea groups is 1. The Kier molecular flexibility index (Phi) is 7.07. The summed E-state index contributed by atoms with van der Waals surface area (Å²) in [4.78, 5) is 23.6. The van der Waals surface area contributed by atoms with Gasteiger partial charge in [-0.3, -0.25) is 4.79 Å². The number of carbonyl (C=O) groups excluding carboxylic acids is 2. The minimum Gasteiger partial charge on any atom is -0.366 e. The summed E-state index contributed by atoms with van der Waals surface area (Å²) >= 11 is 3.49. The molecule has 0 saturated heterocycles. The van der Waals surface area contributed by atoms with Crippen molar-refractivity contribution >= 4 is 43.6 Å². The maximum Gasteiger partial charge on any atom is 0.333 e. The number of nitrogens with one attached hydrogen (secondary N) is 2. The van der Waals surface area contributed by atoms with Crippen LogP contribution in [0, 0.1) is 0 Å². The quantitative estimate of drug-likeness (QED) is 0.569. The van der Waals surface area contributed by atoms with E-state index < -0.39 is 22.0 Å². The summed E-state index contributed by atoms with van der Waals surface area (Å²) in [7, 11) is -4.19. The maximum absolute atomic E-state index is 12.6. The molecular formula is C20H24BrN3O4S. The Morgan fingerprint density at radius 2 is 1.55 bits per heavy atom. The van der Waals surface area contributed by atoms with Crippen molar-refractivity contribution in [2.75, 3.05) is 5.32 Å². The summed E-state index contributed by atoms with van der Waals surface area (Å²) < 4.78 is 28.0. The topological polar surface area (TPSA) is 118 Å². The Labute approximate surface area is 179 Å². The van der Waals surface area contributed by atoms with E-state index in [9.17, 15) is 18.0 Å². The lowest BCUT2D eigenvalue weighted by Gasteiger charge is -2.21. The van der Waals surface area contributed by atoms with Gasteiger partial charge < -0.3 is 11.1 Å². The Morgan fingerprint density at radius 1 is 1.00 bits per heavy atom. The van der Waals surface area contributed by atoms with E-state index in [-0.39, 0.29) is 22.3 Å². The Balaban J connectivity index is 2.36. The minimum absolute atomic E-state index is 0.0328. The molecule has 0 unspecified atom stereocenters. The monoisotopic (exact) mass is 481 g/mol. The summed E-state index contributed by atoms with van der Waals surface area (Å²) in [5, 5.41) is 2.69. The van der Waals surface area contributed by atoms with Gasteiger partial charge in [0.1, 0.15) is 0 Å². The highest BCUT2D eigenvalue weighted by Crippen LogP contribution is 2.35. The fourth-order valence-electron chi connectivity index (χ4n) is 2.84. The first-order chi connectivity index (χ1) is 13.4. The molecule has 0 atom stereocenters. The van der Waals surface area contributed by atoms with Crippen molar-refractivity contribution in [1.82, 2.24) is 4.72 Å². The van der Waals surface area contributed by atoms with Gasteiger partial charge in [-0.1, -0.05) is 49.7 Å².